The minimum atomic E-state index is -0.433. The van der Waals surface area contributed by atoms with Crippen molar-refractivity contribution >= 4 is 11.6 Å². The van der Waals surface area contributed by atoms with Crippen LogP contribution in [-0.4, -0.2) is 36.4 Å². The first-order valence-corrected chi connectivity index (χ1v) is 7.98. The van der Waals surface area contributed by atoms with Crippen LogP contribution >= 0.6 is 0 Å². The second-order valence-corrected chi connectivity index (χ2v) is 6.11. The van der Waals surface area contributed by atoms with Crippen molar-refractivity contribution in [3.8, 4) is 0 Å². The number of aromatic nitrogens is 4. The Balaban J connectivity index is 1.71. The number of nitrogens with one attached hydrogen (secondary N) is 1. The second-order valence-electron chi connectivity index (χ2n) is 6.11. The second kappa shape index (κ2) is 6.42. The summed E-state index contributed by atoms with van der Waals surface area (Å²) < 4.78 is 3.06. The number of nitrogens with zero attached hydrogens (tertiary/aromatic N) is 5. The summed E-state index contributed by atoms with van der Waals surface area (Å²) >= 11 is 0. The molecule has 2 aromatic rings. The van der Waals surface area contributed by atoms with E-state index in [1.807, 2.05) is 0 Å². The zero-order valence-corrected chi connectivity index (χ0v) is 13.7. The normalized spacial score (nSPS) is 14.9. The standard InChI is InChI=1S/C15H20N6O3/c1-10-14(21(23)24)11(2)20(17-10)9-19-8-7-13(18-19)15(22)16-12-5-3-4-6-12/h7-8,12H,3-6,9H2,1-2H3,(H,16,22). The average Bonchev–Trinajstić information content (AvgIpc) is 3.22. The molecule has 9 nitrogen and oxygen atoms in total. The number of amides is 1. The smallest absolute Gasteiger partial charge is 0.312 e. The van der Waals surface area contributed by atoms with E-state index < -0.39 is 4.92 Å². The first-order valence-electron chi connectivity index (χ1n) is 7.98. The van der Waals surface area contributed by atoms with Gasteiger partial charge in [0.05, 0.1) is 4.92 Å². The Kier molecular flexibility index (Phi) is 4.32. The van der Waals surface area contributed by atoms with Crippen LogP contribution in [0.3, 0.4) is 0 Å². The van der Waals surface area contributed by atoms with Crippen molar-refractivity contribution < 1.29 is 9.72 Å². The molecule has 128 valence electrons. The Morgan fingerprint density at radius 2 is 2.08 bits per heavy atom. The van der Waals surface area contributed by atoms with Gasteiger partial charge < -0.3 is 5.32 Å². The van der Waals surface area contributed by atoms with Crippen LogP contribution in [0.5, 0.6) is 0 Å². The lowest BCUT2D eigenvalue weighted by atomic mass is 10.2. The molecule has 24 heavy (non-hydrogen) atoms. The number of nitro groups is 1. The highest BCUT2D eigenvalue weighted by Gasteiger charge is 2.22. The van der Waals surface area contributed by atoms with E-state index in [2.05, 4.69) is 15.5 Å². The number of carbonyl (C=O) groups is 1. The fourth-order valence-corrected chi connectivity index (χ4v) is 3.12. The maximum atomic E-state index is 12.2. The van der Waals surface area contributed by atoms with Gasteiger partial charge in [-0.15, -0.1) is 0 Å². The van der Waals surface area contributed by atoms with Gasteiger partial charge in [-0.05, 0) is 32.8 Å². The van der Waals surface area contributed by atoms with Crippen LogP contribution in [0.15, 0.2) is 12.3 Å². The summed E-state index contributed by atoms with van der Waals surface area (Å²) in [5.74, 6) is -0.181. The number of carbonyl (C=O) groups excluding carboxylic acids is 1. The first-order chi connectivity index (χ1) is 11.5. The zero-order chi connectivity index (χ0) is 17.3. The molecular weight excluding hydrogens is 312 g/mol. The molecule has 0 aromatic carbocycles. The van der Waals surface area contributed by atoms with Crippen molar-refractivity contribution in [1.29, 1.82) is 0 Å². The third-order valence-electron chi connectivity index (χ3n) is 4.37. The van der Waals surface area contributed by atoms with Gasteiger partial charge in [0.15, 0.2) is 0 Å². The molecule has 0 saturated heterocycles. The number of hydrogen-bond donors (Lipinski definition) is 1. The minimum absolute atomic E-state index is 0.0151. The monoisotopic (exact) mass is 332 g/mol. The van der Waals surface area contributed by atoms with Crippen molar-refractivity contribution in [2.24, 2.45) is 0 Å². The van der Waals surface area contributed by atoms with Crippen LogP contribution in [0, 0.1) is 24.0 Å². The van der Waals surface area contributed by atoms with Crippen LogP contribution in [-0.2, 0) is 6.67 Å². The molecule has 0 radical (unpaired) electrons. The SMILES string of the molecule is Cc1nn(Cn2ccc(C(=O)NC3CCCC3)n2)c(C)c1[N+](=O)[O-]. The maximum absolute atomic E-state index is 12.2. The Hall–Kier alpha value is -2.71. The van der Waals surface area contributed by atoms with Crippen LogP contribution in [0.4, 0.5) is 5.69 Å². The predicted molar refractivity (Wildman–Crippen MR) is 85.7 cm³/mol. The first kappa shape index (κ1) is 16.2. The van der Waals surface area contributed by atoms with Gasteiger partial charge >= 0.3 is 5.69 Å². The molecule has 0 unspecified atom stereocenters. The third-order valence-corrected chi connectivity index (χ3v) is 4.37. The van der Waals surface area contributed by atoms with E-state index in [-0.39, 0.29) is 24.3 Å². The molecule has 0 atom stereocenters. The van der Waals surface area contributed by atoms with E-state index in [9.17, 15) is 14.9 Å². The van der Waals surface area contributed by atoms with Crippen molar-refractivity contribution in [3.05, 3.63) is 39.5 Å². The van der Waals surface area contributed by atoms with Gasteiger partial charge in [-0.3, -0.25) is 19.6 Å². The molecule has 2 aromatic heterocycles. The Labute approximate surface area is 138 Å². The molecule has 2 heterocycles. The van der Waals surface area contributed by atoms with E-state index in [4.69, 9.17) is 0 Å². The van der Waals surface area contributed by atoms with Gasteiger partial charge in [-0.2, -0.15) is 10.2 Å². The van der Waals surface area contributed by atoms with E-state index in [1.54, 1.807) is 30.8 Å². The van der Waals surface area contributed by atoms with Crippen LogP contribution in [0.25, 0.3) is 0 Å². The zero-order valence-electron chi connectivity index (χ0n) is 13.7. The minimum Gasteiger partial charge on any atom is -0.348 e. The summed E-state index contributed by atoms with van der Waals surface area (Å²) in [5.41, 5.74) is 1.19. The molecule has 3 rings (SSSR count). The lowest BCUT2D eigenvalue weighted by Gasteiger charge is -2.10. The molecule has 0 spiro atoms. The highest BCUT2D eigenvalue weighted by atomic mass is 16.6. The Morgan fingerprint density at radius 1 is 1.38 bits per heavy atom. The largest absolute Gasteiger partial charge is 0.348 e. The van der Waals surface area contributed by atoms with Gasteiger partial charge in [0.1, 0.15) is 23.8 Å². The van der Waals surface area contributed by atoms with Crippen molar-refractivity contribution in [2.75, 3.05) is 0 Å². The average molecular weight is 332 g/mol. The molecule has 1 aliphatic carbocycles. The molecule has 9 heteroatoms. The van der Waals surface area contributed by atoms with Crippen LogP contribution < -0.4 is 5.32 Å². The fourth-order valence-electron chi connectivity index (χ4n) is 3.12. The molecular formula is C15H20N6O3. The Morgan fingerprint density at radius 3 is 2.71 bits per heavy atom. The molecule has 1 aliphatic rings. The fraction of sp³-hybridized carbons (Fsp3) is 0.533. The lowest BCUT2D eigenvalue weighted by Crippen LogP contribution is -2.33. The summed E-state index contributed by atoms with van der Waals surface area (Å²) in [6.45, 7) is 3.47. The van der Waals surface area contributed by atoms with E-state index in [0.29, 0.717) is 17.1 Å². The molecule has 1 N–H and O–H groups in total. The lowest BCUT2D eigenvalue weighted by molar-refractivity contribution is -0.386. The third kappa shape index (κ3) is 3.15. The number of aryl methyl sites for hydroxylation is 1. The van der Waals surface area contributed by atoms with Crippen molar-refractivity contribution in [1.82, 2.24) is 24.9 Å². The summed E-state index contributed by atoms with van der Waals surface area (Å²) in [5, 5.41) is 22.5. The topological polar surface area (TPSA) is 108 Å². The van der Waals surface area contributed by atoms with Crippen molar-refractivity contribution in [3.63, 3.8) is 0 Å². The van der Waals surface area contributed by atoms with Crippen LogP contribution in [0.1, 0.15) is 47.6 Å². The van der Waals surface area contributed by atoms with Gasteiger partial charge in [0, 0.05) is 12.2 Å². The maximum Gasteiger partial charge on any atom is 0.312 e. The summed E-state index contributed by atoms with van der Waals surface area (Å²) in [4.78, 5) is 22.8. The van der Waals surface area contributed by atoms with Gasteiger partial charge in [0.2, 0.25) is 0 Å². The van der Waals surface area contributed by atoms with E-state index in [0.717, 1.165) is 25.7 Å². The highest BCUT2D eigenvalue weighted by Crippen LogP contribution is 2.21. The predicted octanol–water partition coefficient (Wildman–Crippen LogP) is 1.78. The van der Waals surface area contributed by atoms with Gasteiger partial charge in [0.25, 0.3) is 5.91 Å². The number of rotatable bonds is 5. The molecule has 1 amide bonds. The van der Waals surface area contributed by atoms with Gasteiger partial charge in [-0.1, -0.05) is 12.8 Å². The summed E-state index contributed by atoms with van der Waals surface area (Å²) in [6.07, 6.45) is 6.00. The summed E-state index contributed by atoms with van der Waals surface area (Å²) in [6, 6.07) is 1.88. The molecule has 1 saturated carbocycles. The van der Waals surface area contributed by atoms with Crippen LogP contribution in [0.2, 0.25) is 0 Å². The van der Waals surface area contributed by atoms with Gasteiger partial charge in [-0.25, -0.2) is 4.68 Å². The highest BCUT2D eigenvalue weighted by molar-refractivity contribution is 5.92. The Bertz CT molecular complexity index is 772. The quantitative estimate of drug-likeness (QED) is 0.663. The van der Waals surface area contributed by atoms with Crippen molar-refractivity contribution in [2.45, 2.75) is 52.2 Å². The molecule has 1 fully saturated rings. The number of hydrogen-bond acceptors (Lipinski definition) is 5. The molecule has 0 aliphatic heterocycles. The van der Waals surface area contributed by atoms with E-state index >= 15 is 0 Å². The molecule has 0 bridgehead atoms. The van der Waals surface area contributed by atoms with E-state index in [1.165, 1.54) is 4.68 Å². The summed E-state index contributed by atoms with van der Waals surface area (Å²) in [7, 11) is 0.